The minimum absolute atomic E-state index is 0.0518. The van der Waals surface area contributed by atoms with E-state index in [1.165, 1.54) is 0 Å². The van der Waals surface area contributed by atoms with E-state index in [1.54, 1.807) is 0 Å². The van der Waals surface area contributed by atoms with E-state index in [9.17, 15) is 9.90 Å². The van der Waals surface area contributed by atoms with Crippen molar-refractivity contribution in [3.8, 4) is 0 Å². The van der Waals surface area contributed by atoms with Gasteiger partial charge in [-0.2, -0.15) is 0 Å². The highest BCUT2D eigenvalue weighted by atomic mass is 28.4. The molecule has 0 saturated heterocycles. The first-order chi connectivity index (χ1) is 7.56. The highest BCUT2D eigenvalue weighted by Crippen LogP contribution is 2.36. The first kappa shape index (κ1) is 16.4. The van der Waals surface area contributed by atoms with Crippen LogP contribution in [-0.4, -0.2) is 43.9 Å². The summed E-state index contributed by atoms with van der Waals surface area (Å²) >= 11 is 0. The molecular formula is C11H25NO4Si. The molecule has 0 aromatic carbocycles. The van der Waals surface area contributed by atoms with Gasteiger partial charge in [0.2, 0.25) is 0 Å². The average molecular weight is 263 g/mol. The standard InChI is InChI=1S/C11H25NO4Si/c1-11(2,3)17(4,5)16-7-6-9(13)8-12-10(14)15/h9,12-13H,6-8H2,1-5H3,(H,14,15)/t9-/m1/s1. The zero-order chi connectivity index (χ0) is 13.7. The van der Waals surface area contributed by atoms with E-state index in [4.69, 9.17) is 9.53 Å². The van der Waals surface area contributed by atoms with Gasteiger partial charge in [-0.15, -0.1) is 0 Å². The van der Waals surface area contributed by atoms with Gasteiger partial charge in [-0.3, -0.25) is 0 Å². The Labute approximate surface area is 104 Å². The van der Waals surface area contributed by atoms with Crippen LogP contribution < -0.4 is 5.32 Å². The molecule has 5 nitrogen and oxygen atoms in total. The Balaban J connectivity index is 3.87. The molecule has 0 unspecified atom stereocenters. The van der Waals surface area contributed by atoms with Gasteiger partial charge in [0.05, 0.1) is 6.10 Å². The molecule has 0 aromatic heterocycles. The van der Waals surface area contributed by atoms with E-state index < -0.39 is 20.5 Å². The fourth-order valence-electron chi connectivity index (χ4n) is 0.974. The van der Waals surface area contributed by atoms with Gasteiger partial charge in [0.1, 0.15) is 0 Å². The number of hydrogen-bond acceptors (Lipinski definition) is 3. The lowest BCUT2D eigenvalue weighted by molar-refractivity contribution is 0.128. The lowest BCUT2D eigenvalue weighted by Crippen LogP contribution is -2.41. The first-order valence-corrected chi connectivity index (χ1v) is 8.76. The molecule has 0 fully saturated rings. The van der Waals surface area contributed by atoms with Crippen LogP contribution >= 0.6 is 0 Å². The van der Waals surface area contributed by atoms with Crippen molar-refractivity contribution in [1.82, 2.24) is 5.32 Å². The molecule has 0 rings (SSSR count). The molecule has 0 heterocycles. The van der Waals surface area contributed by atoms with E-state index in [-0.39, 0.29) is 11.6 Å². The van der Waals surface area contributed by atoms with Crippen LogP contribution in [0.5, 0.6) is 0 Å². The van der Waals surface area contributed by atoms with Crippen LogP contribution in [0.25, 0.3) is 0 Å². The van der Waals surface area contributed by atoms with Gasteiger partial charge in [-0.1, -0.05) is 20.8 Å². The fourth-order valence-corrected chi connectivity index (χ4v) is 2.03. The van der Waals surface area contributed by atoms with Crippen LogP contribution in [0.2, 0.25) is 18.1 Å². The number of aliphatic hydroxyl groups excluding tert-OH is 1. The second kappa shape index (κ2) is 6.37. The maximum Gasteiger partial charge on any atom is 0.404 e. The van der Waals surface area contributed by atoms with E-state index in [1.807, 2.05) is 0 Å². The summed E-state index contributed by atoms with van der Waals surface area (Å²) < 4.78 is 5.88. The summed E-state index contributed by atoms with van der Waals surface area (Å²) in [6, 6.07) is 0. The van der Waals surface area contributed by atoms with Crippen LogP contribution in [0, 0.1) is 0 Å². The van der Waals surface area contributed by atoms with Crippen LogP contribution in [0.15, 0.2) is 0 Å². The highest BCUT2D eigenvalue weighted by molar-refractivity contribution is 6.74. The van der Waals surface area contributed by atoms with Crippen molar-refractivity contribution < 1.29 is 19.4 Å². The number of nitrogens with one attached hydrogen (secondary N) is 1. The van der Waals surface area contributed by atoms with Gasteiger partial charge in [0.25, 0.3) is 0 Å². The maximum atomic E-state index is 10.2. The molecule has 0 saturated carbocycles. The second-order valence-electron chi connectivity index (χ2n) is 5.74. The van der Waals surface area contributed by atoms with Gasteiger partial charge in [-0.05, 0) is 24.6 Å². The quantitative estimate of drug-likeness (QED) is 0.641. The third kappa shape index (κ3) is 6.65. The molecule has 0 spiro atoms. The maximum absolute atomic E-state index is 10.2. The van der Waals surface area contributed by atoms with Gasteiger partial charge >= 0.3 is 6.09 Å². The summed E-state index contributed by atoms with van der Waals surface area (Å²) in [5.74, 6) is 0. The SMILES string of the molecule is CC(C)(C)[Si](C)(C)OCC[C@@H](O)CNC(=O)O. The van der Waals surface area contributed by atoms with Crippen molar-refractivity contribution in [3.63, 3.8) is 0 Å². The van der Waals surface area contributed by atoms with Crippen molar-refractivity contribution in [2.75, 3.05) is 13.2 Å². The van der Waals surface area contributed by atoms with Crippen molar-refractivity contribution in [1.29, 1.82) is 0 Å². The van der Waals surface area contributed by atoms with E-state index in [0.717, 1.165) is 0 Å². The van der Waals surface area contributed by atoms with Gasteiger partial charge < -0.3 is 20.0 Å². The van der Waals surface area contributed by atoms with E-state index >= 15 is 0 Å². The normalized spacial score (nSPS) is 14.5. The molecule has 0 bridgehead atoms. The molecule has 0 aromatic rings. The summed E-state index contributed by atoms with van der Waals surface area (Å²) in [4.78, 5) is 10.2. The zero-order valence-electron chi connectivity index (χ0n) is 11.4. The number of rotatable bonds is 6. The van der Waals surface area contributed by atoms with Crippen LogP contribution in [-0.2, 0) is 4.43 Å². The average Bonchev–Trinajstić information content (AvgIpc) is 2.12. The molecule has 0 radical (unpaired) electrons. The van der Waals surface area contributed by atoms with Crippen molar-refractivity contribution >= 4 is 14.4 Å². The van der Waals surface area contributed by atoms with Crippen LogP contribution in [0.3, 0.4) is 0 Å². The molecule has 3 N–H and O–H groups in total. The minimum Gasteiger partial charge on any atom is -0.465 e. The Bertz CT molecular complexity index is 250. The largest absolute Gasteiger partial charge is 0.465 e. The third-order valence-electron chi connectivity index (χ3n) is 3.21. The van der Waals surface area contributed by atoms with Crippen molar-refractivity contribution in [2.24, 2.45) is 0 Å². The first-order valence-electron chi connectivity index (χ1n) is 5.85. The third-order valence-corrected chi connectivity index (χ3v) is 7.75. The topological polar surface area (TPSA) is 78.8 Å². The second-order valence-corrected chi connectivity index (χ2v) is 10.5. The molecule has 6 heteroatoms. The van der Waals surface area contributed by atoms with Gasteiger partial charge in [0, 0.05) is 13.2 Å². The number of carboxylic acid groups (broad SMARTS) is 1. The lowest BCUT2D eigenvalue weighted by Gasteiger charge is -2.36. The predicted molar refractivity (Wildman–Crippen MR) is 69.8 cm³/mol. The number of amides is 1. The summed E-state index contributed by atoms with van der Waals surface area (Å²) in [6.07, 6.45) is -1.35. The van der Waals surface area contributed by atoms with E-state index in [0.29, 0.717) is 13.0 Å². The van der Waals surface area contributed by atoms with E-state index in [2.05, 4.69) is 39.2 Å². The molecular weight excluding hydrogens is 238 g/mol. The van der Waals surface area contributed by atoms with Gasteiger partial charge in [-0.25, -0.2) is 4.79 Å². The molecule has 17 heavy (non-hydrogen) atoms. The minimum atomic E-state index is -1.76. The fraction of sp³-hybridized carbons (Fsp3) is 0.909. The number of carbonyl (C=O) groups is 1. The molecule has 0 aliphatic carbocycles. The van der Waals surface area contributed by atoms with Crippen LogP contribution in [0.4, 0.5) is 4.79 Å². The Morgan fingerprint density at radius 2 is 1.94 bits per heavy atom. The molecule has 0 aliphatic rings. The Hall–Kier alpha value is -0.593. The monoisotopic (exact) mass is 263 g/mol. The Kier molecular flexibility index (Phi) is 6.15. The van der Waals surface area contributed by atoms with Gasteiger partial charge in [0.15, 0.2) is 8.32 Å². The summed E-state index contributed by atoms with van der Waals surface area (Å²) in [7, 11) is -1.76. The highest BCUT2D eigenvalue weighted by Gasteiger charge is 2.36. The summed E-state index contributed by atoms with van der Waals surface area (Å²) in [5, 5.41) is 20.2. The predicted octanol–water partition coefficient (Wildman–Crippen LogP) is 2.03. The number of hydrogen-bond donors (Lipinski definition) is 3. The molecule has 0 aliphatic heterocycles. The molecule has 1 amide bonds. The molecule has 1 atom stereocenters. The van der Waals surface area contributed by atoms with Crippen LogP contribution in [0.1, 0.15) is 27.2 Å². The Morgan fingerprint density at radius 1 is 1.41 bits per heavy atom. The lowest BCUT2D eigenvalue weighted by atomic mass is 10.2. The van der Waals surface area contributed by atoms with Crippen molar-refractivity contribution in [3.05, 3.63) is 0 Å². The molecule has 102 valence electrons. The number of aliphatic hydroxyl groups is 1. The smallest absolute Gasteiger partial charge is 0.404 e. The Morgan fingerprint density at radius 3 is 2.35 bits per heavy atom. The summed E-state index contributed by atoms with van der Waals surface area (Å²) in [6.45, 7) is 11.3. The zero-order valence-corrected chi connectivity index (χ0v) is 12.4. The van der Waals surface area contributed by atoms with Crippen molar-refractivity contribution in [2.45, 2.75) is 51.4 Å². The summed E-state index contributed by atoms with van der Waals surface area (Å²) in [5.41, 5.74) is 0.